The Hall–Kier alpha value is -2.37. The smallest absolute Gasteiger partial charge is 0.311 e. The van der Waals surface area contributed by atoms with Crippen molar-refractivity contribution in [3.63, 3.8) is 0 Å². The van der Waals surface area contributed by atoms with Crippen LogP contribution in [0.15, 0.2) is 41.1 Å². The van der Waals surface area contributed by atoms with Gasteiger partial charge in [0, 0.05) is 18.8 Å². The van der Waals surface area contributed by atoms with E-state index in [1.807, 2.05) is 17.0 Å². The van der Waals surface area contributed by atoms with E-state index in [4.69, 9.17) is 4.42 Å². The minimum atomic E-state index is -0.375. The van der Waals surface area contributed by atoms with Crippen molar-refractivity contribution in [2.24, 2.45) is 5.92 Å². The zero-order valence-corrected chi connectivity index (χ0v) is 11.8. The Morgan fingerprint density at radius 1 is 1.43 bits per heavy atom. The number of piperidine rings is 1. The number of furan rings is 1. The van der Waals surface area contributed by atoms with Crippen molar-refractivity contribution in [2.45, 2.75) is 25.8 Å². The number of rotatable bonds is 3. The van der Waals surface area contributed by atoms with E-state index in [2.05, 4.69) is 11.9 Å². The predicted octanol–water partition coefficient (Wildman–Crippen LogP) is 3.56. The van der Waals surface area contributed by atoms with Crippen LogP contribution in [-0.4, -0.2) is 16.5 Å². The highest BCUT2D eigenvalue weighted by molar-refractivity contribution is 5.58. The molecule has 21 heavy (non-hydrogen) atoms. The maximum absolute atomic E-state index is 11.2. The summed E-state index contributed by atoms with van der Waals surface area (Å²) in [5, 5.41) is 11.2. The van der Waals surface area contributed by atoms with Crippen molar-refractivity contribution in [3.8, 4) is 0 Å². The molecule has 2 aromatic heterocycles. The predicted molar refractivity (Wildman–Crippen MR) is 78.1 cm³/mol. The van der Waals surface area contributed by atoms with E-state index in [1.54, 1.807) is 18.5 Å². The topological polar surface area (TPSA) is 72.4 Å². The molecule has 3 rings (SSSR count). The lowest BCUT2D eigenvalue weighted by Gasteiger charge is -2.37. The molecule has 110 valence electrons. The molecule has 0 bridgehead atoms. The zero-order valence-electron chi connectivity index (χ0n) is 11.8. The van der Waals surface area contributed by atoms with Gasteiger partial charge in [-0.2, -0.15) is 0 Å². The Balaban J connectivity index is 2.01. The normalized spacial score (nSPS) is 22.2. The lowest BCUT2D eigenvalue weighted by molar-refractivity contribution is -0.384. The van der Waals surface area contributed by atoms with Crippen LogP contribution in [-0.2, 0) is 0 Å². The van der Waals surface area contributed by atoms with Crippen LogP contribution in [0.5, 0.6) is 0 Å². The highest BCUT2D eigenvalue weighted by Gasteiger charge is 2.33. The van der Waals surface area contributed by atoms with Gasteiger partial charge in [0.2, 0.25) is 5.82 Å². The molecule has 1 fully saturated rings. The van der Waals surface area contributed by atoms with Crippen molar-refractivity contribution < 1.29 is 9.34 Å². The molecular formula is C15H17N3O3. The molecule has 6 nitrogen and oxygen atoms in total. The molecule has 0 aliphatic carbocycles. The largest absolute Gasteiger partial charge is 0.467 e. The molecule has 1 saturated heterocycles. The highest BCUT2D eigenvalue weighted by Crippen LogP contribution is 2.39. The fourth-order valence-electron chi connectivity index (χ4n) is 2.90. The van der Waals surface area contributed by atoms with Crippen LogP contribution in [0.2, 0.25) is 0 Å². The second-order valence-corrected chi connectivity index (χ2v) is 5.46. The molecule has 0 radical (unpaired) electrons. The van der Waals surface area contributed by atoms with E-state index >= 15 is 0 Å². The molecule has 3 heterocycles. The summed E-state index contributed by atoms with van der Waals surface area (Å²) in [6, 6.07) is 6.86. The van der Waals surface area contributed by atoms with Gasteiger partial charge in [-0.05, 0) is 37.0 Å². The standard InChI is InChI=1S/C15H17N3O3/c1-11-6-8-17(13(10-11)14-5-3-9-21-14)15-12(18(19)20)4-2-7-16-15/h2-5,7,9,11,13H,6,8,10H2,1H3. The molecule has 2 unspecified atom stereocenters. The maximum atomic E-state index is 11.2. The molecule has 0 spiro atoms. The Bertz CT molecular complexity index is 627. The molecule has 0 saturated carbocycles. The summed E-state index contributed by atoms with van der Waals surface area (Å²) in [6.07, 6.45) is 5.13. The third-order valence-corrected chi connectivity index (χ3v) is 3.97. The van der Waals surface area contributed by atoms with Gasteiger partial charge in [0.05, 0.1) is 17.2 Å². The van der Waals surface area contributed by atoms with Gasteiger partial charge < -0.3 is 9.32 Å². The molecule has 0 N–H and O–H groups in total. The summed E-state index contributed by atoms with van der Waals surface area (Å²) in [5.41, 5.74) is 0.0450. The summed E-state index contributed by atoms with van der Waals surface area (Å²) < 4.78 is 5.53. The summed E-state index contributed by atoms with van der Waals surface area (Å²) in [5.74, 6) is 1.82. The van der Waals surface area contributed by atoms with Crippen LogP contribution in [0.4, 0.5) is 11.5 Å². The lowest BCUT2D eigenvalue weighted by Crippen LogP contribution is -2.37. The number of pyridine rings is 1. The fraction of sp³-hybridized carbons (Fsp3) is 0.400. The van der Waals surface area contributed by atoms with Gasteiger partial charge in [0.1, 0.15) is 5.76 Å². The maximum Gasteiger partial charge on any atom is 0.311 e. The van der Waals surface area contributed by atoms with E-state index in [9.17, 15) is 10.1 Å². The molecule has 1 aliphatic rings. The fourth-order valence-corrected chi connectivity index (χ4v) is 2.90. The molecular weight excluding hydrogens is 270 g/mol. The van der Waals surface area contributed by atoms with Gasteiger partial charge in [0.15, 0.2) is 0 Å². The van der Waals surface area contributed by atoms with Crippen molar-refractivity contribution in [1.29, 1.82) is 0 Å². The van der Waals surface area contributed by atoms with E-state index in [-0.39, 0.29) is 16.7 Å². The molecule has 1 aliphatic heterocycles. The molecule has 6 heteroatoms. The minimum absolute atomic E-state index is 0.00245. The molecule has 0 amide bonds. The third-order valence-electron chi connectivity index (χ3n) is 3.97. The van der Waals surface area contributed by atoms with E-state index < -0.39 is 0 Å². The summed E-state index contributed by atoms with van der Waals surface area (Å²) in [7, 11) is 0. The number of aromatic nitrogens is 1. The quantitative estimate of drug-likeness (QED) is 0.637. The van der Waals surface area contributed by atoms with Gasteiger partial charge in [-0.25, -0.2) is 4.98 Å². The van der Waals surface area contributed by atoms with Crippen LogP contribution >= 0.6 is 0 Å². The van der Waals surface area contributed by atoms with Gasteiger partial charge in [-0.1, -0.05) is 6.92 Å². The molecule has 0 aromatic carbocycles. The second-order valence-electron chi connectivity index (χ2n) is 5.46. The van der Waals surface area contributed by atoms with E-state index in [0.29, 0.717) is 11.7 Å². The van der Waals surface area contributed by atoms with Crippen molar-refractivity contribution in [1.82, 2.24) is 4.98 Å². The first-order valence-corrected chi connectivity index (χ1v) is 7.06. The average molecular weight is 287 g/mol. The van der Waals surface area contributed by atoms with Crippen LogP contribution < -0.4 is 4.90 Å². The van der Waals surface area contributed by atoms with E-state index in [0.717, 1.165) is 25.1 Å². The lowest BCUT2D eigenvalue weighted by atomic mass is 9.91. The summed E-state index contributed by atoms with van der Waals surface area (Å²) in [4.78, 5) is 17.1. The zero-order chi connectivity index (χ0) is 14.8. The Morgan fingerprint density at radius 2 is 2.29 bits per heavy atom. The van der Waals surface area contributed by atoms with Crippen molar-refractivity contribution >= 4 is 11.5 Å². The third kappa shape index (κ3) is 2.61. The number of hydrogen-bond donors (Lipinski definition) is 0. The van der Waals surface area contributed by atoms with Crippen LogP contribution in [0.1, 0.15) is 31.6 Å². The number of anilines is 1. The summed E-state index contributed by atoms with van der Waals surface area (Å²) >= 11 is 0. The Morgan fingerprint density at radius 3 is 3.00 bits per heavy atom. The van der Waals surface area contributed by atoms with Crippen LogP contribution in [0, 0.1) is 16.0 Å². The van der Waals surface area contributed by atoms with Gasteiger partial charge in [-0.15, -0.1) is 0 Å². The van der Waals surface area contributed by atoms with Gasteiger partial charge >= 0.3 is 5.69 Å². The SMILES string of the molecule is CC1CCN(c2ncccc2[N+](=O)[O-])C(c2ccco2)C1. The Kier molecular flexibility index (Phi) is 3.60. The monoisotopic (exact) mass is 287 g/mol. The van der Waals surface area contributed by atoms with Gasteiger partial charge in [-0.3, -0.25) is 10.1 Å². The molecule has 2 aromatic rings. The first-order valence-electron chi connectivity index (χ1n) is 7.06. The minimum Gasteiger partial charge on any atom is -0.467 e. The number of nitro groups is 1. The number of hydrogen-bond acceptors (Lipinski definition) is 5. The van der Waals surface area contributed by atoms with Crippen LogP contribution in [0.3, 0.4) is 0 Å². The molecule has 2 atom stereocenters. The van der Waals surface area contributed by atoms with Gasteiger partial charge in [0.25, 0.3) is 0 Å². The Labute approximate surface area is 122 Å². The second kappa shape index (κ2) is 5.55. The number of nitrogens with zero attached hydrogens (tertiary/aromatic N) is 3. The van der Waals surface area contributed by atoms with Crippen LogP contribution in [0.25, 0.3) is 0 Å². The van der Waals surface area contributed by atoms with E-state index in [1.165, 1.54) is 6.07 Å². The van der Waals surface area contributed by atoms with Crippen molar-refractivity contribution in [2.75, 3.05) is 11.4 Å². The first kappa shape index (κ1) is 13.6. The summed E-state index contributed by atoms with van der Waals surface area (Å²) in [6.45, 7) is 2.94. The van der Waals surface area contributed by atoms with Crippen molar-refractivity contribution in [3.05, 3.63) is 52.6 Å². The highest BCUT2D eigenvalue weighted by atomic mass is 16.6. The first-order chi connectivity index (χ1) is 10.2. The average Bonchev–Trinajstić information content (AvgIpc) is 3.01.